The molecule has 106 valence electrons. The van der Waals surface area contributed by atoms with Crippen LogP contribution in [0, 0.1) is 12.7 Å². The lowest BCUT2D eigenvalue weighted by Gasteiger charge is -2.27. The largest absolute Gasteiger partial charge is 0.304 e. The molecule has 1 aromatic heterocycles. The molecular weight excluding hydrogens is 299 g/mol. The van der Waals surface area contributed by atoms with Crippen molar-refractivity contribution in [3.05, 3.63) is 45.1 Å². The molecule has 1 aromatic carbocycles. The topological polar surface area (TPSA) is 33.2 Å². The van der Waals surface area contributed by atoms with Crippen LogP contribution in [0.15, 0.2) is 23.7 Å². The van der Waals surface area contributed by atoms with E-state index in [9.17, 15) is 9.18 Å². The molecule has 2 aromatic rings. The molecule has 0 unspecified atom stereocenters. The Morgan fingerprint density at radius 3 is 2.65 bits per heavy atom. The summed E-state index contributed by atoms with van der Waals surface area (Å²) in [7, 11) is 0. The van der Waals surface area contributed by atoms with Crippen LogP contribution in [0.4, 0.5) is 10.1 Å². The SMILES string of the molecule is Cc1ncsc1C(=O)N(c1ccc(F)cc1Cl)C(C)C. The van der Waals surface area contributed by atoms with E-state index in [1.54, 1.807) is 17.3 Å². The molecule has 0 saturated heterocycles. The van der Waals surface area contributed by atoms with Crippen LogP contribution in [-0.4, -0.2) is 16.9 Å². The summed E-state index contributed by atoms with van der Waals surface area (Å²) in [5, 5.41) is 0.217. The lowest BCUT2D eigenvalue weighted by molar-refractivity contribution is 0.0983. The van der Waals surface area contributed by atoms with E-state index in [1.165, 1.54) is 29.5 Å². The molecule has 0 fully saturated rings. The summed E-state index contributed by atoms with van der Waals surface area (Å²) in [6.07, 6.45) is 0. The highest BCUT2D eigenvalue weighted by Gasteiger charge is 2.25. The molecular formula is C14H14ClFN2OS. The Morgan fingerprint density at radius 1 is 1.45 bits per heavy atom. The molecule has 0 aliphatic heterocycles. The number of aryl methyl sites for hydroxylation is 1. The molecule has 0 N–H and O–H groups in total. The highest BCUT2D eigenvalue weighted by Crippen LogP contribution is 2.30. The molecule has 0 bridgehead atoms. The molecule has 1 heterocycles. The van der Waals surface area contributed by atoms with E-state index in [4.69, 9.17) is 11.6 Å². The van der Waals surface area contributed by atoms with Gasteiger partial charge in [0.15, 0.2) is 0 Å². The van der Waals surface area contributed by atoms with Gasteiger partial charge in [0, 0.05) is 6.04 Å². The first-order valence-corrected chi connectivity index (χ1v) is 7.36. The molecule has 6 heteroatoms. The average Bonchev–Trinajstić information content (AvgIpc) is 2.78. The van der Waals surface area contributed by atoms with Crippen molar-refractivity contribution in [1.82, 2.24) is 4.98 Å². The van der Waals surface area contributed by atoms with Gasteiger partial charge in [0.25, 0.3) is 5.91 Å². The second-order valence-corrected chi connectivity index (χ2v) is 5.89. The first kappa shape index (κ1) is 14.9. The second kappa shape index (κ2) is 5.89. The van der Waals surface area contributed by atoms with Gasteiger partial charge in [0.05, 0.1) is 21.9 Å². The maximum absolute atomic E-state index is 13.2. The summed E-state index contributed by atoms with van der Waals surface area (Å²) in [5.74, 6) is -0.600. The van der Waals surface area contributed by atoms with Crippen molar-refractivity contribution in [2.45, 2.75) is 26.8 Å². The summed E-state index contributed by atoms with van der Waals surface area (Å²) in [4.78, 5) is 18.9. The van der Waals surface area contributed by atoms with Crippen LogP contribution in [0.5, 0.6) is 0 Å². The van der Waals surface area contributed by atoms with Gasteiger partial charge >= 0.3 is 0 Å². The van der Waals surface area contributed by atoms with Crippen molar-refractivity contribution in [2.75, 3.05) is 4.90 Å². The Bertz CT molecular complexity index is 642. The third kappa shape index (κ3) is 2.83. The van der Waals surface area contributed by atoms with Crippen LogP contribution in [0.1, 0.15) is 29.2 Å². The molecule has 3 nitrogen and oxygen atoms in total. The summed E-state index contributed by atoms with van der Waals surface area (Å²) in [5.41, 5.74) is 2.82. The zero-order valence-corrected chi connectivity index (χ0v) is 12.9. The van der Waals surface area contributed by atoms with Gasteiger partial charge in [-0.2, -0.15) is 0 Å². The summed E-state index contributed by atoms with van der Waals surface area (Å²) >= 11 is 7.36. The number of halogens is 2. The standard InChI is InChI=1S/C14H14ClFN2OS/c1-8(2)18(12-5-4-10(16)6-11(12)15)14(19)13-9(3)17-7-20-13/h4-8H,1-3H3. The minimum Gasteiger partial charge on any atom is -0.304 e. The quantitative estimate of drug-likeness (QED) is 0.846. The van der Waals surface area contributed by atoms with Crippen molar-refractivity contribution in [1.29, 1.82) is 0 Å². The van der Waals surface area contributed by atoms with Crippen molar-refractivity contribution >= 4 is 34.5 Å². The van der Waals surface area contributed by atoms with Gasteiger partial charge in [0.2, 0.25) is 0 Å². The first-order valence-electron chi connectivity index (χ1n) is 6.10. The highest BCUT2D eigenvalue weighted by molar-refractivity contribution is 7.12. The van der Waals surface area contributed by atoms with Crippen molar-refractivity contribution < 1.29 is 9.18 Å². The number of thiazole rings is 1. The molecule has 0 saturated carbocycles. The van der Waals surface area contributed by atoms with E-state index < -0.39 is 5.82 Å². The summed E-state index contributed by atoms with van der Waals surface area (Å²) in [6.45, 7) is 5.55. The highest BCUT2D eigenvalue weighted by atomic mass is 35.5. The van der Waals surface area contributed by atoms with Crippen LogP contribution < -0.4 is 4.90 Å². The van der Waals surface area contributed by atoms with Gasteiger partial charge in [-0.05, 0) is 39.0 Å². The number of hydrogen-bond acceptors (Lipinski definition) is 3. The van der Waals surface area contributed by atoms with Gasteiger partial charge in [-0.25, -0.2) is 9.37 Å². The van der Waals surface area contributed by atoms with Crippen molar-refractivity contribution in [2.24, 2.45) is 0 Å². The van der Waals surface area contributed by atoms with Crippen molar-refractivity contribution in [3.63, 3.8) is 0 Å². The Balaban J connectivity index is 2.47. The number of amides is 1. The zero-order chi connectivity index (χ0) is 14.9. The zero-order valence-electron chi connectivity index (χ0n) is 11.4. The summed E-state index contributed by atoms with van der Waals surface area (Å²) < 4.78 is 13.2. The fraction of sp³-hybridized carbons (Fsp3) is 0.286. The number of carbonyl (C=O) groups is 1. The van der Waals surface area contributed by atoms with Crippen LogP contribution >= 0.6 is 22.9 Å². The molecule has 1 amide bonds. The number of nitrogens with zero attached hydrogens (tertiary/aromatic N) is 2. The fourth-order valence-corrected chi connectivity index (χ4v) is 2.91. The maximum atomic E-state index is 13.2. The Labute approximate surface area is 126 Å². The lowest BCUT2D eigenvalue weighted by Crippen LogP contribution is -2.37. The maximum Gasteiger partial charge on any atom is 0.270 e. The number of hydrogen-bond donors (Lipinski definition) is 0. The van der Waals surface area contributed by atoms with Crippen LogP contribution in [-0.2, 0) is 0 Å². The van der Waals surface area contributed by atoms with E-state index in [0.717, 1.165) is 0 Å². The Hall–Kier alpha value is -1.46. The van der Waals surface area contributed by atoms with Gasteiger partial charge in [-0.15, -0.1) is 11.3 Å². The van der Waals surface area contributed by atoms with Crippen LogP contribution in [0.3, 0.4) is 0 Å². The second-order valence-electron chi connectivity index (χ2n) is 4.63. The minimum atomic E-state index is -0.427. The van der Waals surface area contributed by atoms with E-state index in [0.29, 0.717) is 16.3 Å². The smallest absolute Gasteiger partial charge is 0.270 e. The minimum absolute atomic E-state index is 0.105. The third-order valence-corrected chi connectivity index (χ3v) is 4.06. The average molecular weight is 313 g/mol. The number of benzene rings is 1. The predicted octanol–water partition coefficient (Wildman–Crippen LogP) is 4.30. The molecule has 0 radical (unpaired) electrons. The van der Waals surface area contributed by atoms with Crippen LogP contribution in [0.25, 0.3) is 0 Å². The summed E-state index contributed by atoms with van der Waals surface area (Å²) in [6, 6.07) is 3.92. The van der Waals surface area contributed by atoms with Gasteiger partial charge in [-0.3, -0.25) is 4.79 Å². The molecule has 0 spiro atoms. The van der Waals surface area contributed by atoms with E-state index in [1.807, 2.05) is 13.8 Å². The normalized spacial score (nSPS) is 10.9. The number of anilines is 1. The first-order chi connectivity index (χ1) is 9.41. The molecule has 20 heavy (non-hydrogen) atoms. The molecule has 0 atom stereocenters. The van der Waals surface area contributed by atoms with Gasteiger partial charge in [-0.1, -0.05) is 11.6 Å². The fourth-order valence-electron chi connectivity index (χ4n) is 1.92. The molecule has 0 aliphatic carbocycles. The van der Waals surface area contributed by atoms with E-state index >= 15 is 0 Å². The number of aromatic nitrogens is 1. The predicted molar refractivity (Wildman–Crippen MR) is 80.2 cm³/mol. The third-order valence-electron chi connectivity index (χ3n) is 2.84. The molecule has 2 rings (SSSR count). The van der Waals surface area contributed by atoms with Crippen molar-refractivity contribution in [3.8, 4) is 0 Å². The number of carbonyl (C=O) groups excluding carboxylic acids is 1. The molecule has 0 aliphatic rings. The monoisotopic (exact) mass is 312 g/mol. The number of rotatable bonds is 3. The van der Waals surface area contributed by atoms with E-state index in [2.05, 4.69) is 4.98 Å². The lowest BCUT2D eigenvalue weighted by atomic mass is 10.2. The van der Waals surface area contributed by atoms with E-state index in [-0.39, 0.29) is 17.0 Å². The van der Waals surface area contributed by atoms with Gasteiger partial charge < -0.3 is 4.90 Å². The van der Waals surface area contributed by atoms with Crippen LogP contribution in [0.2, 0.25) is 5.02 Å². The van der Waals surface area contributed by atoms with Gasteiger partial charge in [0.1, 0.15) is 10.7 Å². The Kier molecular flexibility index (Phi) is 4.40. The Morgan fingerprint density at radius 2 is 2.15 bits per heavy atom.